The van der Waals surface area contributed by atoms with Crippen molar-refractivity contribution in [3.63, 3.8) is 0 Å². The predicted molar refractivity (Wildman–Crippen MR) is 89.6 cm³/mol. The first-order valence-corrected chi connectivity index (χ1v) is 8.70. The van der Waals surface area contributed by atoms with Crippen molar-refractivity contribution in [3.8, 4) is 0 Å². The minimum atomic E-state index is 0.146. The number of rotatable bonds is 3. The lowest BCUT2D eigenvalue weighted by Crippen LogP contribution is -2.51. The van der Waals surface area contributed by atoms with E-state index in [1.165, 1.54) is 6.42 Å². The highest BCUT2D eigenvalue weighted by Gasteiger charge is 2.30. The van der Waals surface area contributed by atoms with Crippen LogP contribution in [0.4, 0.5) is 0 Å². The number of carbonyl (C=O) groups is 1. The number of ether oxygens (including phenoxy) is 1. The number of nitrogens with zero attached hydrogens (tertiary/aromatic N) is 3. The largest absolute Gasteiger partial charge is 0.379 e. The minimum Gasteiger partial charge on any atom is -0.379 e. The second kappa shape index (κ2) is 7.41. The van der Waals surface area contributed by atoms with Gasteiger partial charge < -0.3 is 9.64 Å². The first kappa shape index (κ1) is 16.4. The van der Waals surface area contributed by atoms with Gasteiger partial charge >= 0.3 is 0 Å². The van der Waals surface area contributed by atoms with Crippen LogP contribution in [0.15, 0.2) is 12.1 Å². The Morgan fingerprint density at radius 2 is 2.00 bits per heavy atom. The third kappa shape index (κ3) is 3.90. The summed E-state index contributed by atoms with van der Waals surface area (Å²) >= 11 is 0. The number of carbonyl (C=O) groups excluding carboxylic acids is 1. The maximum Gasteiger partial charge on any atom is 0.255 e. The molecule has 3 heterocycles. The van der Waals surface area contributed by atoms with E-state index in [1.807, 2.05) is 26.0 Å². The second-order valence-electron chi connectivity index (χ2n) is 6.65. The molecule has 3 rings (SSSR count). The number of amides is 1. The van der Waals surface area contributed by atoms with Crippen LogP contribution >= 0.6 is 0 Å². The predicted octanol–water partition coefficient (Wildman–Crippen LogP) is 2.03. The van der Waals surface area contributed by atoms with Crippen LogP contribution in [0.5, 0.6) is 0 Å². The lowest BCUT2D eigenvalue weighted by atomic mass is 9.99. The summed E-state index contributed by atoms with van der Waals surface area (Å²) in [6.45, 7) is 9.29. The van der Waals surface area contributed by atoms with Crippen LogP contribution in [0, 0.1) is 13.8 Å². The van der Waals surface area contributed by atoms with Crippen molar-refractivity contribution in [1.29, 1.82) is 0 Å². The summed E-state index contributed by atoms with van der Waals surface area (Å²) in [6, 6.07) is 4.18. The number of hydrogen-bond donors (Lipinski definition) is 0. The molecule has 126 valence electrons. The van der Waals surface area contributed by atoms with E-state index in [0.29, 0.717) is 6.04 Å². The average Bonchev–Trinajstić information content (AvgIpc) is 2.56. The topological polar surface area (TPSA) is 45.7 Å². The molecule has 5 heteroatoms. The van der Waals surface area contributed by atoms with Gasteiger partial charge in [-0.05, 0) is 45.2 Å². The van der Waals surface area contributed by atoms with Crippen LogP contribution in [-0.4, -0.2) is 66.1 Å². The van der Waals surface area contributed by atoms with Crippen molar-refractivity contribution in [2.75, 3.05) is 39.4 Å². The SMILES string of the molecule is Cc1ccc(C(=O)N2CCCC[C@@H]2CN2CCOCC2)c(C)n1. The van der Waals surface area contributed by atoms with Crippen LogP contribution in [0.25, 0.3) is 0 Å². The van der Waals surface area contributed by atoms with Crippen molar-refractivity contribution in [3.05, 3.63) is 29.1 Å². The van der Waals surface area contributed by atoms with Crippen LogP contribution in [0.2, 0.25) is 0 Å². The Morgan fingerprint density at radius 1 is 1.22 bits per heavy atom. The molecule has 1 aromatic heterocycles. The molecule has 1 amide bonds. The Labute approximate surface area is 138 Å². The normalized spacial score (nSPS) is 23.0. The number of likely N-dealkylation sites (tertiary alicyclic amines) is 1. The maximum atomic E-state index is 13.0. The standard InChI is InChI=1S/C18H27N3O2/c1-14-6-7-17(15(2)19-14)18(22)21-8-4-3-5-16(21)13-20-9-11-23-12-10-20/h6-7,16H,3-5,8-13H2,1-2H3/t16-/m1/s1. The molecule has 2 fully saturated rings. The van der Waals surface area contributed by atoms with Gasteiger partial charge in [0, 0.05) is 37.9 Å². The number of pyridine rings is 1. The molecular weight excluding hydrogens is 290 g/mol. The van der Waals surface area contributed by atoms with Gasteiger partial charge in [-0.25, -0.2) is 0 Å². The molecule has 0 aromatic carbocycles. The molecule has 0 radical (unpaired) electrons. The fourth-order valence-electron chi connectivity index (χ4n) is 3.61. The summed E-state index contributed by atoms with van der Waals surface area (Å²) in [6.07, 6.45) is 3.41. The summed E-state index contributed by atoms with van der Waals surface area (Å²) in [5, 5.41) is 0. The Hall–Kier alpha value is -1.46. The van der Waals surface area contributed by atoms with Crippen LogP contribution < -0.4 is 0 Å². The third-order valence-corrected chi connectivity index (χ3v) is 4.92. The van der Waals surface area contributed by atoms with Crippen LogP contribution in [0.1, 0.15) is 41.0 Å². The lowest BCUT2D eigenvalue weighted by molar-refractivity contribution is 0.0166. The zero-order valence-electron chi connectivity index (χ0n) is 14.3. The molecule has 0 unspecified atom stereocenters. The number of hydrogen-bond acceptors (Lipinski definition) is 4. The molecule has 0 spiro atoms. The first-order chi connectivity index (χ1) is 11.1. The molecule has 1 atom stereocenters. The van der Waals surface area contributed by atoms with Crippen LogP contribution in [-0.2, 0) is 4.74 Å². The van der Waals surface area contributed by atoms with Gasteiger partial charge in [-0.2, -0.15) is 0 Å². The first-order valence-electron chi connectivity index (χ1n) is 8.70. The van der Waals surface area contributed by atoms with Crippen molar-refractivity contribution in [2.24, 2.45) is 0 Å². The summed E-state index contributed by atoms with van der Waals surface area (Å²) in [5.41, 5.74) is 2.55. The van der Waals surface area contributed by atoms with E-state index in [2.05, 4.69) is 14.8 Å². The van der Waals surface area contributed by atoms with Crippen molar-refractivity contribution in [2.45, 2.75) is 39.2 Å². The number of aryl methyl sites for hydroxylation is 2. The van der Waals surface area contributed by atoms with Gasteiger partial charge in [-0.15, -0.1) is 0 Å². The molecule has 2 aliphatic rings. The Morgan fingerprint density at radius 3 is 2.74 bits per heavy atom. The van der Waals surface area contributed by atoms with E-state index >= 15 is 0 Å². The van der Waals surface area contributed by atoms with Crippen molar-refractivity contribution >= 4 is 5.91 Å². The van der Waals surface area contributed by atoms with Gasteiger partial charge in [0.1, 0.15) is 0 Å². The van der Waals surface area contributed by atoms with E-state index in [9.17, 15) is 4.79 Å². The summed E-state index contributed by atoms with van der Waals surface area (Å²) in [5.74, 6) is 0.146. The van der Waals surface area contributed by atoms with Gasteiger partial charge in [0.15, 0.2) is 0 Å². The van der Waals surface area contributed by atoms with E-state index in [-0.39, 0.29) is 5.91 Å². The fourth-order valence-corrected chi connectivity index (χ4v) is 3.61. The Balaban J connectivity index is 1.73. The van der Waals surface area contributed by atoms with Gasteiger partial charge in [-0.1, -0.05) is 0 Å². The number of aromatic nitrogens is 1. The molecule has 2 saturated heterocycles. The molecule has 23 heavy (non-hydrogen) atoms. The van der Waals surface area contributed by atoms with Gasteiger partial charge in [0.05, 0.1) is 24.5 Å². The van der Waals surface area contributed by atoms with Gasteiger partial charge in [-0.3, -0.25) is 14.7 Å². The Kier molecular flexibility index (Phi) is 5.28. The zero-order chi connectivity index (χ0) is 16.2. The quantitative estimate of drug-likeness (QED) is 0.856. The van der Waals surface area contributed by atoms with Gasteiger partial charge in [0.2, 0.25) is 0 Å². The number of morpholine rings is 1. The highest BCUT2D eigenvalue weighted by atomic mass is 16.5. The summed E-state index contributed by atoms with van der Waals surface area (Å²) in [7, 11) is 0. The summed E-state index contributed by atoms with van der Waals surface area (Å²) < 4.78 is 5.43. The molecule has 0 aliphatic carbocycles. The number of piperidine rings is 1. The average molecular weight is 317 g/mol. The molecular formula is C18H27N3O2. The molecule has 0 N–H and O–H groups in total. The van der Waals surface area contributed by atoms with E-state index in [1.54, 1.807) is 0 Å². The maximum absolute atomic E-state index is 13.0. The lowest BCUT2D eigenvalue weighted by Gasteiger charge is -2.39. The van der Waals surface area contributed by atoms with E-state index < -0.39 is 0 Å². The minimum absolute atomic E-state index is 0.146. The zero-order valence-corrected chi connectivity index (χ0v) is 14.3. The monoisotopic (exact) mass is 317 g/mol. The third-order valence-electron chi connectivity index (χ3n) is 4.92. The molecule has 2 aliphatic heterocycles. The van der Waals surface area contributed by atoms with Crippen LogP contribution in [0.3, 0.4) is 0 Å². The molecule has 1 aromatic rings. The smallest absolute Gasteiger partial charge is 0.255 e. The van der Waals surface area contributed by atoms with Crippen molar-refractivity contribution in [1.82, 2.24) is 14.8 Å². The summed E-state index contributed by atoms with van der Waals surface area (Å²) in [4.78, 5) is 22.0. The highest BCUT2D eigenvalue weighted by Crippen LogP contribution is 2.22. The second-order valence-corrected chi connectivity index (χ2v) is 6.65. The highest BCUT2D eigenvalue weighted by molar-refractivity contribution is 5.95. The molecule has 0 saturated carbocycles. The Bertz CT molecular complexity index is 555. The van der Waals surface area contributed by atoms with Gasteiger partial charge in [0.25, 0.3) is 5.91 Å². The molecule has 5 nitrogen and oxygen atoms in total. The van der Waals surface area contributed by atoms with E-state index in [0.717, 1.165) is 69.2 Å². The van der Waals surface area contributed by atoms with E-state index in [4.69, 9.17) is 4.74 Å². The fraction of sp³-hybridized carbons (Fsp3) is 0.667. The van der Waals surface area contributed by atoms with Crippen molar-refractivity contribution < 1.29 is 9.53 Å². The molecule has 0 bridgehead atoms.